The number of nitrogens with zero attached hydrogens (tertiary/aromatic N) is 7. The highest BCUT2D eigenvalue weighted by atomic mass is 19.4. The van der Waals surface area contributed by atoms with Gasteiger partial charge in [-0.1, -0.05) is 0 Å². The fraction of sp³-hybridized carbons (Fsp3) is 0.333. The van der Waals surface area contributed by atoms with Crippen LogP contribution in [-0.2, 0) is 6.18 Å². The Morgan fingerprint density at radius 2 is 1.61 bits per heavy atom. The molecule has 0 atom stereocenters. The van der Waals surface area contributed by atoms with E-state index in [0.717, 1.165) is 18.1 Å². The first kappa shape index (κ1) is 18.2. The number of aryl methyl sites for hydroxylation is 1. The number of halogens is 3. The van der Waals surface area contributed by atoms with Gasteiger partial charge in [-0.25, -0.2) is 19.6 Å². The Morgan fingerprint density at radius 3 is 2.18 bits per heavy atom. The maximum atomic E-state index is 12.7. The highest BCUT2D eigenvalue weighted by Gasteiger charge is 2.31. The molecule has 28 heavy (non-hydrogen) atoms. The van der Waals surface area contributed by atoms with E-state index in [9.17, 15) is 13.2 Å². The number of pyridine rings is 1. The lowest BCUT2D eigenvalue weighted by molar-refractivity contribution is -0.137. The smallest absolute Gasteiger partial charge is 0.353 e. The van der Waals surface area contributed by atoms with E-state index in [4.69, 9.17) is 0 Å². The predicted molar refractivity (Wildman–Crippen MR) is 97.6 cm³/mol. The largest absolute Gasteiger partial charge is 0.417 e. The molecule has 0 aliphatic carbocycles. The van der Waals surface area contributed by atoms with E-state index < -0.39 is 11.7 Å². The Hall–Kier alpha value is -3.17. The molecule has 1 aliphatic heterocycles. The monoisotopic (exact) mass is 389 g/mol. The van der Waals surface area contributed by atoms with E-state index in [2.05, 4.69) is 25.0 Å². The lowest BCUT2D eigenvalue weighted by Crippen LogP contribution is -2.47. The van der Waals surface area contributed by atoms with E-state index in [1.807, 2.05) is 30.2 Å². The summed E-state index contributed by atoms with van der Waals surface area (Å²) in [4.78, 5) is 17.0. The molecule has 0 bridgehead atoms. The fourth-order valence-electron chi connectivity index (χ4n) is 3.13. The summed E-state index contributed by atoms with van der Waals surface area (Å²) in [7, 11) is 0. The SMILES string of the molecule is Cc1nc(N2CCN(c3ccc(C(F)(F)F)cn3)CC2)cc(-n2cccn2)n1. The van der Waals surface area contributed by atoms with Crippen LogP contribution in [0.2, 0.25) is 0 Å². The average Bonchev–Trinajstić information content (AvgIpc) is 3.22. The van der Waals surface area contributed by atoms with Crippen LogP contribution in [0.25, 0.3) is 5.82 Å². The molecular formula is C18H18F3N7. The third-order valence-electron chi connectivity index (χ3n) is 4.55. The lowest BCUT2D eigenvalue weighted by atomic mass is 10.2. The van der Waals surface area contributed by atoms with Crippen molar-refractivity contribution in [2.75, 3.05) is 36.0 Å². The standard InChI is InChI=1S/C18H18F3N7/c1-13-24-16(11-17(25-13)28-6-2-5-23-28)27-9-7-26(8-10-27)15-4-3-14(12-22-15)18(19,20)21/h2-6,11-12H,7-10H2,1H3. The summed E-state index contributed by atoms with van der Waals surface area (Å²) in [6.07, 6.45) is 0.0138. The third-order valence-corrected chi connectivity index (χ3v) is 4.55. The van der Waals surface area contributed by atoms with Crippen LogP contribution >= 0.6 is 0 Å². The van der Waals surface area contributed by atoms with Crippen molar-refractivity contribution in [3.05, 3.63) is 54.2 Å². The van der Waals surface area contributed by atoms with Crippen LogP contribution in [0.5, 0.6) is 0 Å². The van der Waals surface area contributed by atoms with Crippen molar-refractivity contribution in [1.29, 1.82) is 0 Å². The van der Waals surface area contributed by atoms with Gasteiger partial charge in [0.15, 0.2) is 5.82 Å². The van der Waals surface area contributed by atoms with Gasteiger partial charge < -0.3 is 9.80 Å². The molecule has 146 valence electrons. The first-order valence-corrected chi connectivity index (χ1v) is 8.79. The number of anilines is 2. The summed E-state index contributed by atoms with van der Waals surface area (Å²) in [5.41, 5.74) is -0.738. The normalized spacial score (nSPS) is 15.1. The van der Waals surface area contributed by atoms with E-state index >= 15 is 0 Å². The van der Waals surface area contributed by atoms with Crippen LogP contribution in [0.1, 0.15) is 11.4 Å². The molecule has 0 N–H and O–H groups in total. The molecule has 4 rings (SSSR count). The van der Waals surface area contributed by atoms with E-state index in [1.165, 1.54) is 6.07 Å². The van der Waals surface area contributed by atoms with Gasteiger partial charge in [0.25, 0.3) is 0 Å². The average molecular weight is 389 g/mol. The van der Waals surface area contributed by atoms with Crippen LogP contribution in [-0.4, -0.2) is 50.9 Å². The summed E-state index contributed by atoms with van der Waals surface area (Å²) in [6.45, 7) is 4.46. The summed E-state index contributed by atoms with van der Waals surface area (Å²) in [5, 5.41) is 4.20. The third kappa shape index (κ3) is 3.75. The van der Waals surface area contributed by atoms with Gasteiger partial charge in [-0.05, 0) is 25.1 Å². The molecule has 3 aromatic heterocycles. The van der Waals surface area contributed by atoms with Crippen LogP contribution in [0.4, 0.5) is 24.8 Å². The van der Waals surface area contributed by atoms with Crippen LogP contribution in [0.15, 0.2) is 42.9 Å². The summed E-state index contributed by atoms with van der Waals surface area (Å²) >= 11 is 0. The van der Waals surface area contributed by atoms with Crippen molar-refractivity contribution in [3.63, 3.8) is 0 Å². The molecule has 1 saturated heterocycles. The number of aromatic nitrogens is 5. The number of alkyl halides is 3. The molecule has 0 radical (unpaired) electrons. The van der Waals surface area contributed by atoms with Crippen molar-refractivity contribution in [3.8, 4) is 5.82 Å². The minimum atomic E-state index is -4.37. The Bertz CT molecular complexity index is 931. The van der Waals surface area contributed by atoms with E-state index in [0.29, 0.717) is 43.6 Å². The molecule has 3 aromatic rings. The predicted octanol–water partition coefficient (Wildman–Crippen LogP) is 2.71. The molecule has 10 heteroatoms. The minimum Gasteiger partial charge on any atom is -0.353 e. The summed E-state index contributed by atoms with van der Waals surface area (Å²) < 4.78 is 39.7. The molecule has 4 heterocycles. The second-order valence-electron chi connectivity index (χ2n) is 6.46. The Morgan fingerprint density at radius 1 is 0.929 bits per heavy atom. The van der Waals surface area contributed by atoms with E-state index in [-0.39, 0.29) is 0 Å². The Kier molecular flexibility index (Phi) is 4.62. The molecule has 0 amide bonds. The van der Waals surface area contributed by atoms with Gasteiger partial charge in [0.1, 0.15) is 17.5 Å². The fourth-order valence-corrected chi connectivity index (χ4v) is 3.13. The zero-order valence-electron chi connectivity index (χ0n) is 15.1. The zero-order valence-corrected chi connectivity index (χ0v) is 15.1. The molecular weight excluding hydrogens is 371 g/mol. The van der Waals surface area contributed by atoms with Crippen molar-refractivity contribution in [2.24, 2.45) is 0 Å². The quantitative estimate of drug-likeness (QED) is 0.687. The van der Waals surface area contributed by atoms with Gasteiger partial charge in [0, 0.05) is 50.8 Å². The molecule has 1 aliphatic rings. The van der Waals surface area contributed by atoms with Crippen LogP contribution in [0.3, 0.4) is 0 Å². The molecule has 7 nitrogen and oxygen atoms in total. The van der Waals surface area contributed by atoms with Gasteiger partial charge in [-0.15, -0.1) is 0 Å². The molecule has 0 unspecified atom stereocenters. The maximum Gasteiger partial charge on any atom is 0.417 e. The molecule has 0 spiro atoms. The second-order valence-corrected chi connectivity index (χ2v) is 6.46. The van der Waals surface area contributed by atoms with Gasteiger partial charge in [-0.2, -0.15) is 18.3 Å². The van der Waals surface area contributed by atoms with Gasteiger partial charge in [0.2, 0.25) is 0 Å². The first-order valence-electron chi connectivity index (χ1n) is 8.79. The zero-order chi connectivity index (χ0) is 19.7. The highest BCUT2D eigenvalue weighted by molar-refractivity contribution is 5.48. The number of piperazine rings is 1. The molecule has 0 saturated carbocycles. The van der Waals surface area contributed by atoms with Crippen molar-refractivity contribution < 1.29 is 13.2 Å². The van der Waals surface area contributed by atoms with Crippen molar-refractivity contribution in [2.45, 2.75) is 13.1 Å². The number of rotatable bonds is 3. The summed E-state index contributed by atoms with van der Waals surface area (Å²) in [5.74, 6) is 2.69. The van der Waals surface area contributed by atoms with Crippen LogP contribution in [0, 0.1) is 6.92 Å². The van der Waals surface area contributed by atoms with Gasteiger partial charge in [0.05, 0.1) is 5.56 Å². The first-order chi connectivity index (χ1) is 13.4. The lowest BCUT2D eigenvalue weighted by Gasteiger charge is -2.36. The van der Waals surface area contributed by atoms with Crippen molar-refractivity contribution in [1.82, 2.24) is 24.7 Å². The molecule has 0 aromatic carbocycles. The highest BCUT2D eigenvalue weighted by Crippen LogP contribution is 2.29. The Balaban J connectivity index is 1.46. The molecule has 1 fully saturated rings. The van der Waals surface area contributed by atoms with E-state index in [1.54, 1.807) is 10.9 Å². The number of hydrogen-bond acceptors (Lipinski definition) is 6. The van der Waals surface area contributed by atoms with Gasteiger partial charge >= 0.3 is 6.18 Å². The number of hydrogen-bond donors (Lipinski definition) is 0. The summed E-state index contributed by atoms with van der Waals surface area (Å²) in [6, 6.07) is 6.20. The maximum absolute atomic E-state index is 12.7. The Labute approximate surface area is 159 Å². The minimum absolute atomic E-state index is 0.545. The van der Waals surface area contributed by atoms with Gasteiger partial charge in [-0.3, -0.25) is 0 Å². The second kappa shape index (κ2) is 7.10. The topological polar surface area (TPSA) is 63.0 Å². The van der Waals surface area contributed by atoms with Crippen LogP contribution < -0.4 is 9.80 Å². The van der Waals surface area contributed by atoms with Crippen molar-refractivity contribution >= 4 is 11.6 Å².